The summed E-state index contributed by atoms with van der Waals surface area (Å²) in [7, 11) is 0. The predicted octanol–water partition coefficient (Wildman–Crippen LogP) is 4.60. The number of benzene rings is 2. The van der Waals surface area contributed by atoms with Crippen LogP contribution in [0.2, 0.25) is 0 Å². The van der Waals surface area contributed by atoms with E-state index in [2.05, 4.69) is 15.6 Å². The standard InChI is InChI=1S/C28H33N3O4/c1-19(32)29-24(21-12-6-3-7-13-21)18-26(33)30-23(17-16-20-10-4-2-5-11-20)27(34)28-31-22-14-8-9-15-25(22)35-28/h2,4-5,8-11,14-15,21,23-24H,3,6-7,12-13,16-18H2,1H3,(H,29,32)(H,30,33). The minimum atomic E-state index is -0.778. The summed E-state index contributed by atoms with van der Waals surface area (Å²) < 4.78 is 5.70. The second kappa shape index (κ2) is 11.8. The second-order valence-corrected chi connectivity index (χ2v) is 9.40. The van der Waals surface area contributed by atoms with Gasteiger partial charge in [0, 0.05) is 19.4 Å². The van der Waals surface area contributed by atoms with Crippen molar-refractivity contribution in [1.29, 1.82) is 0 Å². The van der Waals surface area contributed by atoms with E-state index < -0.39 is 6.04 Å². The number of aromatic nitrogens is 1. The summed E-state index contributed by atoms with van der Waals surface area (Å²) in [6, 6.07) is 16.0. The zero-order valence-corrected chi connectivity index (χ0v) is 20.2. The normalized spacial score (nSPS) is 15.9. The molecule has 35 heavy (non-hydrogen) atoms. The first-order valence-corrected chi connectivity index (χ1v) is 12.5. The number of carbonyl (C=O) groups excluding carboxylic acids is 3. The van der Waals surface area contributed by atoms with Crippen LogP contribution in [0.1, 0.15) is 68.1 Å². The average molecular weight is 476 g/mol. The summed E-state index contributed by atoms with van der Waals surface area (Å²) in [4.78, 5) is 42.7. The molecule has 2 aromatic carbocycles. The monoisotopic (exact) mass is 475 g/mol. The first-order chi connectivity index (χ1) is 17.0. The Labute approximate surface area is 205 Å². The van der Waals surface area contributed by atoms with Gasteiger partial charge in [0.15, 0.2) is 5.58 Å². The average Bonchev–Trinajstić information content (AvgIpc) is 3.31. The van der Waals surface area contributed by atoms with Crippen molar-refractivity contribution in [1.82, 2.24) is 15.6 Å². The van der Waals surface area contributed by atoms with E-state index in [1.54, 1.807) is 12.1 Å². The fraction of sp³-hybridized carbons (Fsp3) is 0.429. The summed E-state index contributed by atoms with van der Waals surface area (Å²) in [5.41, 5.74) is 2.22. The van der Waals surface area contributed by atoms with E-state index >= 15 is 0 Å². The van der Waals surface area contributed by atoms with Crippen molar-refractivity contribution in [3.63, 3.8) is 0 Å². The van der Waals surface area contributed by atoms with Crippen LogP contribution in [0.5, 0.6) is 0 Å². The number of hydrogen-bond acceptors (Lipinski definition) is 5. The van der Waals surface area contributed by atoms with E-state index in [4.69, 9.17) is 4.42 Å². The minimum Gasteiger partial charge on any atom is -0.434 e. The SMILES string of the molecule is CC(=O)NC(CC(=O)NC(CCc1ccccc1)C(=O)c1nc2ccccc2o1)C1CCCCC1. The molecule has 0 radical (unpaired) electrons. The third-order valence-corrected chi connectivity index (χ3v) is 6.73. The minimum absolute atomic E-state index is 0.00440. The number of amides is 2. The summed E-state index contributed by atoms with van der Waals surface area (Å²) in [6.45, 7) is 1.48. The number of carbonyl (C=O) groups is 3. The number of aryl methyl sites for hydroxylation is 1. The molecule has 7 heteroatoms. The molecule has 184 valence electrons. The molecule has 0 bridgehead atoms. The predicted molar refractivity (Wildman–Crippen MR) is 134 cm³/mol. The fourth-order valence-electron chi connectivity index (χ4n) is 4.94. The van der Waals surface area contributed by atoms with Crippen LogP contribution in [0.4, 0.5) is 0 Å². The van der Waals surface area contributed by atoms with Gasteiger partial charge in [-0.2, -0.15) is 0 Å². The third-order valence-electron chi connectivity index (χ3n) is 6.73. The number of para-hydroxylation sites is 2. The molecule has 1 aromatic heterocycles. The molecule has 0 saturated heterocycles. The van der Waals surface area contributed by atoms with E-state index in [0.29, 0.717) is 23.9 Å². The van der Waals surface area contributed by atoms with Crippen molar-refractivity contribution in [3.05, 3.63) is 66.1 Å². The van der Waals surface area contributed by atoms with E-state index in [0.717, 1.165) is 31.2 Å². The lowest BCUT2D eigenvalue weighted by Gasteiger charge is -2.30. The molecule has 1 fully saturated rings. The molecule has 2 unspecified atom stereocenters. The highest BCUT2D eigenvalue weighted by molar-refractivity contribution is 6.00. The topological polar surface area (TPSA) is 101 Å². The van der Waals surface area contributed by atoms with Crippen LogP contribution in [0.15, 0.2) is 59.0 Å². The molecule has 4 rings (SSSR count). The van der Waals surface area contributed by atoms with Gasteiger partial charge in [-0.15, -0.1) is 0 Å². The van der Waals surface area contributed by atoms with E-state index in [1.807, 2.05) is 42.5 Å². The number of fused-ring (bicyclic) bond motifs is 1. The lowest BCUT2D eigenvalue weighted by Crippen LogP contribution is -2.47. The summed E-state index contributed by atoms with van der Waals surface area (Å²) in [6.07, 6.45) is 6.59. The van der Waals surface area contributed by atoms with E-state index in [1.165, 1.54) is 13.3 Å². The van der Waals surface area contributed by atoms with Gasteiger partial charge in [-0.05, 0) is 49.3 Å². The van der Waals surface area contributed by atoms with Gasteiger partial charge in [0.1, 0.15) is 5.52 Å². The number of rotatable bonds is 10. The zero-order chi connectivity index (χ0) is 24.6. The molecule has 2 N–H and O–H groups in total. The second-order valence-electron chi connectivity index (χ2n) is 9.40. The quantitative estimate of drug-likeness (QED) is 0.417. The Morgan fingerprint density at radius 1 is 0.971 bits per heavy atom. The third kappa shape index (κ3) is 6.78. The van der Waals surface area contributed by atoms with Crippen molar-refractivity contribution in [2.24, 2.45) is 5.92 Å². The van der Waals surface area contributed by atoms with Gasteiger partial charge in [0.05, 0.1) is 6.04 Å². The van der Waals surface area contributed by atoms with Crippen LogP contribution in [0.3, 0.4) is 0 Å². The van der Waals surface area contributed by atoms with Gasteiger partial charge < -0.3 is 15.1 Å². The fourth-order valence-corrected chi connectivity index (χ4v) is 4.94. The maximum Gasteiger partial charge on any atom is 0.266 e. The van der Waals surface area contributed by atoms with Crippen molar-refractivity contribution in [3.8, 4) is 0 Å². The molecule has 7 nitrogen and oxygen atoms in total. The lowest BCUT2D eigenvalue weighted by molar-refractivity contribution is -0.123. The van der Waals surface area contributed by atoms with Crippen molar-refractivity contribution >= 4 is 28.7 Å². The van der Waals surface area contributed by atoms with Crippen molar-refractivity contribution in [2.75, 3.05) is 0 Å². The van der Waals surface area contributed by atoms with Crippen molar-refractivity contribution < 1.29 is 18.8 Å². The Kier molecular flexibility index (Phi) is 8.29. The van der Waals surface area contributed by atoms with Crippen LogP contribution >= 0.6 is 0 Å². The van der Waals surface area contributed by atoms with Gasteiger partial charge in [-0.3, -0.25) is 14.4 Å². The number of nitrogens with one attached hydrogen (secondary N) is 2. The number of oxazole rings is 1. The Bertz CT molecular complexity index is 1120. The molecule has 2 atom stereocenters. The molecule has 1 aliphatic carbocycles. The summed E-state index contributed by atoms with van der Waals surface area (Å²) >= 11 is 0. The van der Waals surface area contributed by atoms with Gasteiger partial charge in [-0.25, -0.2) is 4.98 Å². The highest BCUT2D eigenvalue weighted by Crippen LogP contribution is 2.28. The highest BCUT2D eigenvalue weighted by atomic mass is 16.4. The van der Waals surface area contributed by atoms with Gasteiger partial charge >= 0.3 is 0 Å². The smallest absolute Gasteiger partial charge is 0.266 e. The molecule has 2 amide bonds. The molecule has 1 heterocycles. The zero-order valence-electron chi connectivity index (χ0n) is 20.2. The van der Waals surface area contributed by atoms with Gasteiger partial charge in [-0.1, -0.05) is 61.7 Å². The largest absolute Gasteiger partial charge is 0.434 e. The summed E-state index contributed by atoms with van der Waals surface area (Å²) in [5.74, 6) is -0.475. The van der Waals surface area contributed by atoms with Crippen LogP contribution < -0.4 is 10.6 Å². The molecule has 0 spiro atoms. The maximum atomic E-state index is 13.4. The van der Waals surface area contributed by atoms with E-state index in [-0.39, 0.29) is 41.9 Å². The highest BCUT2D eigenvalue weighted by Gasteiger charge is 2.30. The maximum absolute atomic E-state index is 13.4. The molecule has 0 aliphatic heterocycles. The number of nitrogens with zero attached hydrogens (tertiary/aromatic N) is 1. The number of hydrogen-bond donors (Lipinski definition) is 2. The van der Waals surface area contributed by atoms with Gasteiger partial charge in [0.25, 0.3) is 5.89 Å². The van der Waals surface area contributed by atoms with Crippen LogP contribution in [-0.4, -0.2) is 34.7 Å². The van der Waals surface area contributed by atoms with Crippen LogP contribution in [0, 0.1) is 5.92 Å². The lowest BCUT2D eigenvalue weighted by atomic mass is 9.82. The molecule has 1 aliphatic rings. The number of ketones is 1. The van der Waals surface area contributed by atoms with E-state index in [9.17, 15) is 14.4 Å². The van der Waals surface area contributed by atoms with Crippen LogP contribution in [-0.2, 0) is 16.0 Å². The van der Waals surface area contributed by atoms with Crippen molar-refractivity contribution in [2.45, 2.75) is 70.4 Å². The molecule has 1 saturated carbocycles. The Hall–Kier alpha value is -3.48. The molecular formula is C28H33N3O4. The first-order valence-electron chi connectivity index (χ1n) is 12.5. The first kappa shape index (κ1) is 24.6. The Morgan fingerprint density at radius 3 is 2.40 bits per heavy atom. The molecular weight excluding hydrogens is 442 g/mol. The van der Waals surface area contributed by atoms with Crippen LogP contribution in [0.25, 0.3) is 11.1 Å². The number of Topliss-reactive ketones (excluding diaryl/α,β-unsaturated/α-hetero) is 1. The Morgan fingerprint density at radius 2 is 1.69 bits per heavy atom. The molecule has 3 aromatic rings. The summed E-state index contributed by atoms with van der Waals surface area (Å²) in [5, 5.41) is 5.91. The van der Waals surface area contributed by atoms with Gasteiger partial charge in [0.2, 0.25) is 17.6 Å². The Balaban J connectivity index is 1.49.